The molecule has 3 aromatic rings. The molecule has 142 valence electrons. The van der Waals surface area contributed by atoms with Crippen molar-refractivity contribution in [2.75, 3.05) is 14.2 Å². The van der Waals surface area contributed by atoms with Crippen molar-refractivity contribution >= 4 is 39.1 Å². The molecule has 1 aliphatic heterocycles. The van der Waals surface area contributed by atoms with Crippen LogP contribution in [0.2, 0.25) is 0 Å². The topological polar surface area (TPSA) is 30.8 Å². The first-order valence-electron chi connectivity index (χ1n) is 8.99. The fraction of sp³-hybridized carbons (Fsp3) is 0.174. The second kappa shape index (κ2) is 8.41. The molecule has 4 rings (SSSR count). The van der Waals surface area contributed by atoms with Gasteiger partial charge in [0.15, 0.2) is 0 Å². The second-order valence-electron chi connectivity index (χ2n) is 6.45. The highest BCUT2D eigenvalue weighted by atomic mass is 79.9. The molecule has 1 unspecified atom stereocenters. The normalized spacial score (nSPS) is 16.0. The molecule has 0 aromatic heterocycles. The minimum Gasteiger partial charge on any atom is -0.497 e. The van der Waals surface area contributed by atoms with Gasteiger partial charge in [0.05, 0.1) is 19.9 Å². The maximum atomic E-state index is 5.66. The number of halogens is 1. The smallest absolute Gasteiger partial charge is 0.123 e. The molecular formula is C23H20BrNO2S. The Labute approximate surface area is 177 Å². The van der Waals surface area contributed by atoms with Crippen LogP contribution < -0.4 is 9.47 Å². The number of nitrogens with zero attached hydrogens (tertiary/aromatic N) is 1. The number of benzene rings is 3. The summed E-state index contributed by atoms with van der Waals surface area (Å²) in [6.45, 7) is 0. The maximum Gasteiger partial charge on any atom is 0.123 e. The van der Waals surface area contributed by atoms with Crippen molar-refractivity contribution in [2.45, 2.75) is 16.6 Å². The summed E-state index contributed by atoms with van der Waals surface area (Å²) in [5, 5.41) is 0.192. The lowest BCUT2D eigenvalue weighted by atomic mass is 10.0. The number of aliphatic imine (C=N–C) groups is 1. The molecule has 0 bridgehead atoms. The fourth-order valence-corrected chi connectivity index (χ4v) is 4.94. The quantitative estimate of drug-likeness (QED) is 0.433. The molecule has 1 heterocycles. The van der Waals surface area contributed by atoms with Gasteiger partial charge >= 0.3 is 0 Å². The molecule has 0 aliphatic carbocycles. The highest BCUT2D eigenvalue weighted by Crippen LogP contribution is 2.48. The Morgan fingerprint density at radius 1 is 0.964 bits per heavy atom. The van der Waals surface area contributed by atoms with E-state index in [-0.39, 0.29) is 5.25 Å². The summed E-state index contributed by atoms with van der Waals surface area (Å²) >= 11 is 5.45. The molecule has 0 radical (unpaired) electrons. The van der Waals surface area contributed by atoms with Gasteiger partial charge in [-0.05, 0) is 60.2 Å². The van der Waals surface area contributed by atoms with Gasteiger partial charge in [-0.2, -0.15) is 0 Å². The van der Waals surface area contributed by atoms with Crippen LogP contribution in [0.3, 0.4) is 0 Å². The van der Waals surface area contributed by atoms with E-state index < -0.39 is 0 Å². The number of hydrogen-bond acceptors (Lipinski definition) is 4. The number of thioether (sulfide) groups is 1. The van der Waals surface area contributed by atoms with Gasteiger partial charge in [0.2, 0.25) is 0 Å². The minimum absolute atomic E-state index is 0.192. The van der Waals surface area contributed by atoms with E-state index in [1.165, 1.54) is 10.5 Å². The summed E-state index contributed by atoms with van der Waals surface area (Å²) in [5.74, 6) is 1.74. The molecule has 0 N–H and O–H groups in total. The summed E-state index contributed by atoms with van der Waals surface area (Å²) in [4.78, 5) is 6.20. The van der Waals surface area contributed by atoms with Crippen LogP contribution in [0.4, 0.5) is 5.69 Å². The van der Waals surface area contributed by atoms with Crippen molar-refractivity contribution in [1.29, 1.82) is 0 Å². The van der Waals surface area contributed by atoms with E-state index in [0.717, 1.165) is 39.4 Å². The molecule has 0 amide bonds. The van der Waals surface area contributed by atoms with Gasteiger partial charge < -0.3 is 9.47 Å². The number of methoxy groups -OCH3 is 2. The largest absolute Gasteiger partial charge is 0.497 e. The van der Waals surface area contributed by atoms with E-state index in [4.69, 9.17) is 14.5 Å². The molecule has 28 heavy (non-hydrogen) atoms. The number of hydrogen-bond donors (Lipinski definition) is 0. The van der Waals surface area contributed by atoms with Crippen molar-refractivity contribution < 1.29 is 9.47 Å². The number of fused-ring (bicyclic) bond motifs is 1. The molecule has 3 aromatic carbocycles. The summed E-state index contributed by atoms with van der Waals surface area (Å²) in [6.07, 6.45) is 0.804. The molecule has 0 spiro atoms. The average molecular weight is 454 g/mol. The molecule has 3 nitrogen and oxygen atoms in total. The average Bonchev–Trinajstić information content (AvgIpc) is 2.93. The van der Waals surface area contributed by atoms with E-state index in [1.54, 1.807) is 14.2 Å². The van der Waals surface area contributed by atoms with Gasteiger partial charge in [-0.25, -0.2) is 0 Å². The van der Waals surface area contributed by atoms with E-state index in [2.05, 4.69) is 52.3 Å². The third-order valence-electron chi connectivity index (χ3n) is 4.73. The molecule has 1 atom stereocenters. The van der Waals surface area contributed by atoms with Crippen LogP contribution in [0.25, 0.3) is 0 Å². The van der Waals surface area contributed by atoms with Crippen LogP contribution >= 0.6 is 27.7 Å². The van der Waals surface area contributed by atoms with Crippen LogP contribution in [-0.2, 0) is 0 Å². The first-order valence-corrected chi connectivity index (χ1v) is 10.7. The zero-order chi connectivity index (χ0) is 19.5. The van der Waals surface area contributed by atoms with Crippen LogP contribution in [0.15, 0.2) is 81.1 Å². The van der Waals surface area contributed by atoms with Crippen molar-refractivity contribution in [3.05, 3.63) is 82.3 Å². The van der Waals surface area contributed by atoms with Gasteiger partial charge in [0, 0.05) is 32.3 Å². The minimum atomic E-state index is 0.192. The maximum absolute atomic E-state index is 5.66. The Morgan fingerprint density at radius 3 is 2.50 bits per heavy atom. The van der Waals surface area contributed by atoms with Gasteiger partial charge in [-0.15, -0.1) is 11.8 Å². The SMILES string of the molecule is COc1ccc(C2=Nc3ccccc3SC(c3cc(Br)ccc3OC)C2)cc1. The lowest BCUT2D eigenvalue weighted by Crippen LogP contribution is -2.06. The van der Waals surface area contributed by atoms with E-state index in [0.29, 0.717) is 0 Å². The summed E-state index contributed by atoms with van der Waals surface area (Å²) in [5.41, 5.74) is 4.35. The first-order chi connectivity index (χ1) is 13.7. The van der Waals surface area contributed by atoms with Crippen molar-refractivity contribution in [3.63, 3.8) is 0 Å². The van der Waals surface area contributed by atoms with E-state index in [9.17, 15) is 0 Å². The second-order valence-corrected chi connectivity index (χ2v) is 8.61. The number of rotatable bonds is 4. The Hall–Kier alpha value is -2.24. The standard InChI is InChI=1S/C23H20BrNO2S/c1-26-17-10-7-15(8-11-17)20-14-23(18-13-16(24)9-12-21(18)27-2)28-22-6-4-3-5-19(22)25-20/h3-13,23H,14H2,1-2H3. The van der Waals surface area contributed by atoms with Crippen LogP contribution in [0.5, 0.6) is 11.5 Å². The monoisotopic (exact) mass is 453 g/mol. The molecular weight excluding hydrogens is 434 g/mol. The summed E-state index contributed by atoms with van der Waals surface area (Å²) in [6, 6.07) is 22.6. The van der Waals surface area contributed by atoms with Crippen molar-refractivity contribution in [3.8, 4) is 11.5 Å². The lowest BCUT2D eigenvalue weighted by molar-refractivity contribution is 0.409. The molecule has 1 aliphatic rings. The van der Waals surface area contributed by atoms with E-state index in [1.807, 2.05) is 42.1 Å². The Bertz CT molecular complexity index is 1020. The highest BCUT2D eigenvalue weighted by Gasteiger charge is 2.25. The van der Waals surface area contributed by atoms with Gasteiger partial charge in [0.1, 0.15) is 11.5 Å². The molecule has 0 saturated heterocycles. The predicted molar refractivity (Wildman–Crippen MR) is 120 cm³/mol. The van der Waals surface area contributed by atoms with Gasteiger partial charge in [-0.1, -0.05) is 28.1 Å². The lowest BCUT2D eigenvalue weighted by Gasteiger charge is -2.19. The van der Waals surface area contributed by atoms with Crippen LogP contribution in [-0.4, -0.2) is 19.9 Å². The molecule has 5 heteroatoms. The number of ether oxygens (including phenoxy) is 2. The van der Waals surface area contributed by atoms with Gasteiger partial charge in [0.25, 0.3) is 0 Å². The fourth-order valence-electron chi connectivity index (χ4n) is 3.31. The Balaban J connectivity index is 1.80. The highest BCUT2D eigenvalue weighted by molar-refractivity contribution is 9.10. The predicted octanol–water partition coefficient (Wildman–Crippen LogP) is 6.82. The van der Waals surface area contributed by atoms with E-state index >= 15 is 0 Å². The zero-order valence-electron chi connectivity index (χ0n) is 15.7. The first kappa shape index (κ1) is 19.1. The van der Waals surface area contributed by atoms with Crippen molar-refractivity contribution in [1.82, 2.24) is 0 Å². The van der Waals surface area contributed by atoms with Crippen LogP contribution in [0.1, 0.15) is 22.8 Å². The third kappa shape index (κ3) is 3.96. The Morgan fingerprint density at radius 2 is 1.75 bits per heavy atom. The number of para-hydroxylation sites is 1. The Kier molecular flexibility index (Phi) is 5.74. The summed E-state index contributed by atoms with van der Waals surface area (Å²) < 4.78 is 12.0. The third-order valence-corrected chi connectivity index (χ3v) is 6.53. The molecule has 0 saturated carbocycles. The molecule has 0 fully saturated rings. The van der Waals surface area contributed by atoms with Crippen molar-refractivity contribution in [2.24, 2.45) is 4.99 Å². The zero-order valence-corrected chi connectivity index (χ0v) is 18.1. The summed E-state index contributed by atoms with van der Waals surface area (Å²) in [7, 11) is 3.40. The van der Waals surface area contributed by atoms with Crippen LogP contribution in [0, 0.1) is 0 Å². The van der Waals surface area contributed by atoms with Gasteiger partial charge in [-0.3, -0.25) is 4.99 Å².